The molecule has 2 rings (SSSR count). The molecule has 74 valence electrons. The maximum atomic E-state index is 5.86. The van der Waals surface area contributed by atoms with Crippen LogP contribution < -0.4 is 5.73 Å². The molecule has 2 nitrogen and oxygen atoms in total. The van der Waals surface area contributed by atoms with Crippen molar-refractivity contribution in [1.29, 1.82) is 0 Å². The first-order valence-corrected chi connectivity index (χ1v) is 5.37. The first-order chi connectivity index (χ1) is 6.34. The highest BCUT2D eigenvalue weighted by molar-refractivity contribution is 5.11. The van der Waals surface area contributed by atoms with E-state index < -0.39 is 0 Å². The monoisotopic (exact) mass is 181 g/mol. The van der Waals surface area contributed by atoms with Crippen LogP contribution in [0.15, 0.2) is 11.6 Å². The van der Waals surface area contributed by atoms with E-state index in [2.05, 4.69) is 6.08 Å². The SMILES string of the molecule is NC1CCC(=CC2CCOCC2)C1. The topological polar surface area (TPSA) is 35.2 Å². The molecule has 0 aromatic heterocycles. The zero-order valence-electron chi connectivity index (χ0n) is 8.17. The molecule has 1 saturated heterocycles. The Bertz CT molecular complexity index is 194. The van der Waals surface area contributed by atoms with E-state index in [0.717, 1.165) is 25.6 Å². The van der Waals surface area contributed by atoms with Crippen molar-refractivity contribution >= 4 is 0 Å². The van der Waals surface area contributed by atoms with Crippen molar-refractivity contribution < 1.29 is 4.74 Å². The van der Waals surface area contributed by atoms with E-state index in [-0.39, 0.29) is 0 Å². The predicted octanol–water partition coefficient (Wildman–Crippen LogP) is 1.85. The van der Waals surface area contributed by atoms with Gasteiger partial charge in [-0.25, -0.2) is 0 Å². The predicted molar refractivity (Wildman–Crippen MR) is 53.5 cm³/mol. The summed E-state index contributed by atoms with van der Waals surface area (Å²) in [7, 11) is 0. The minimum Gasteiger partial charge on any atom is -0.381 e. The summed E-state index contributed by atoms with van der Waals surface area (Å²) in [4.78, 5) is 0. The smallest absolute Gasteiger partial charge is 0.0471 e. The number of ether oxygens (including phenoxy) is 1. The molecule has 2 fully saturated rings. The van der Waals surface area contributed by atoms with E-state index >= 15 is 0 Å². The third kappa shape index (κ3) is 2.55. The lowest BCUT2D eigenvalue weighted by Gasteiger charge is -2.19. The maximum absolute atomic E-state index is 5.86. The summed E-state index contributed by atoms with van der Waals surface area (Å²) in [5, 5.41) is 0. The molecule has 1 saturated carbocycles. The highest BCUT2D eigenvalue weighted by atomic mass is 16.5. The molecular weight excluding hydrogens is 162 g/mol. The molecule has 0 radical (unpaired) electrons. The maximum Gasteiger partial charge on any atom is 0.0471 e. The number of hydrogen-bond acceptors (Lipinski definition) is 2. The minimum absolute atomic E-state index is 0.436. The molecule has 13 heavy (non-hydrogen) atoms. The van der Waals surface area contributed by atoms with Crippen molar-refractivity contribution in [3.8, 4) is 0 Å². The van der Waals surface area contributed by atoms with Gasteiger partial charge in [-0.1, -0.05) is 11.6 Å². The van der Waals surface area contributed by atoms with E-state index in [1.54, 1.807) is 5.57 Å². The van der Waals surface area contributed by atoms with Gasteiger partial charge in [0.1, 0.15) is 0 Å². The fraction of sp³-hybridized carbons (Fsp3) is 0.818. The summed E-state index contributed by atoms with van der Waals surface area (Å²) >= 11 is 0. The summed E-state index contributed by atoms with van der Waals surface area (Å²) in [5.41, 5.74) is 7.46. The first-order valence-electron chi connectivity index (χ1n) is 5.37. The van der Waals surface area contributed by atoms with Gasteiger partial charge in [-0.3, -0.25) is 0 Å². The third-order valence-electron chi connectivity index (χ3n) is 3.10. The molecule has 1 aliphatic carbocycles. The van der Waals surface area contributed by atoms with Gasteiger partial charge in [0.2, 0.25) is 0 Å². The van der Waals surface area contributed by atoms with Gasteiger partial charge in [-0.2, -0.15) is 0 Å². The standard InChI is InChI=1S/C11H19NO/c12-11-2-1-10(8-11)7-9-3-5-13-6-4-9/h7,9,11H,1-6,8,12H2. The Labute approximate surface area is 80.1 Å². The van der Waals surface area contributed by atoms with Crippen molar-refractivity contribution in [2.45, 2.75) is 38.1 Å². The van der Waals surface area contributed by atoms with Crippen LogP contribution in [-0.4, -0.2) is 19.3 Å². The molecule has 2 N–H and O–H groups in total. The van der Waals surface area contributed by atoms with E-state index in [9.17, 15) is 0 Å². The molecule has 1 heterocycles. The fourth-order valence-electron chi connectivity index (χ4n) is 2.28. The Morgan fingerprint density at radius 2 is 2.00 bits per heavy atom. The normalized spacial score (nSPS) is 34.2. The van der Waals surface area contributed by atoms with E-state index in [0.29, 0.717) is 6.04 Å². The summed E-state index contributed by atoms with van der Waals surface area (Å²) in [6.07, 6.45) is 8.44. The second kappa shape index (κ2) is 4.25. The summed E-state index contributed by atoms with van der Waals surface area (Å²) in [5.74, 6) is 0.772. The quantitative estimate of drug-likeness (QED) is 0.627. The summed E-state index contributed by atoms with van der Waals surface area (Å²) in [6, 6.07) is 0.436. The van der Waals surface area contributed by atoms with Gasteiger partial charge in [0.15, 0.2) is 0 Å². The molecule has 1 aliphatic heterocycles. The van der Waals surface area contributed by atoms with Gasteiger partial charge >= 0.3 is 0 Å². The summed E-state index contributed by atoms with van der Waals surface area (Å²) < 4.78 is 5.33. The fourth-order valence-corrected chi connectivity index (χ4v) is 2.28. The molecule has 1 atom stereocenters. The van der Waals surface area contributed by atoms with Crippen molar-refractivity contribution in [3.05, 3.63) is 11.6 Å². The van der Waals surface area contributed by atoms with Crippen LogP contribution >= 0.6 is 0 Å². The highest BCUT2D eigenvalue weighted by Crippen LogP contribution is 2.27. The number of nitrogens with two attached hydrogens (primary N) is 1. The molecule has 2 heteroatoms. The average Bonchev–Trinajstić information content (AvgIpc) is 2.53. The van der Waals surface area contributed by atoms with E-state index in [1.165, 1.54) is 25.7 Å². The van der Waals surface area contributed by atoms with Gasteiger partial charge in [-0.15, -0.1) is 0 Å². The Balaban J connectivity index is 1.87. The van der Waals surface area contributed by atoms with Crippen molar-refractivity contribution in [2.75, 3.05) is 13.2 Å². The van der Waals surface area contributed by atoms with Crippen LogP contribution in [0.4, 0.5) is 0 Å². The van der Waals surface area contributed by atoms with Crippen LogP contribution in [0.2, 0.25) is 0 Å². The van der Waals surface area contributed by atoms with Gasteiger partial charge in [0, 0.05) is 19.3 Å². The minimum atomic E-state index is 0.436. The van der Waals surface area contributed by atoms with E-state index in [1.807, 2.05) is 0 Å². The van der Waals surface area contributed by atoms with Gasteiger partial charge in [-0.05, 0) is 38.0 Å². The zero-order valence-corrected chi connectivity index (χ0v) is 8.17. The van der Waals surface area contributed by atoms with Crippen LogP contribution in [-0.2, 0) is 4.74 Å². The molecule has 2 aliphatic rings. The zero-order chi connectivity index (χ0) is 9.10. The number of hydrogen-bond donors (Lipinski definition) is 1. The average molecular weight is 181 g/mol. The molecule has 0 amide bonds. The highest BCUT2D eigenvalue weighted by Gasteiger charge is 2.18. The summed E-state index contributed by atoms with van der Waals surface area (Å²) in [6.45, 7) is 1.89. The molecular formula is C11H19NO. The van der Waals surface area contributed by atoms with Crippen molar-refractivity contribution in [3.63, 3.8) is 0 Å². The van der Waals surface area contributed by atoms with Crippen LogP contribution in [0.5, 0.6) is 0 Å². The van der Waals surface area contributed by atoms with Crippen LogP contribution in [0.25, 0.3) is 0 Å². The second-order valence-corrected chi connectivity index (χ2v) is 4.28. The molecule has 0 bridgehead atoms. The number of rotatable bonds is 1. The number of allylic oxidation sites excluding steroid dienone is 1. The second-order valence-electron chi connectivity index (χ2n) is 4.28. The lowest BCUT2D eigenvalue weighted by Crippen LogP contribution is -2.15. The van der Waals surface area contributed by atoms with Crippen LogP contribution in [0.1, 0.15) is 32.1 Å². The lowest BCUT2D eigenvalue weighted by molar-refractivity contribution is 0.0783. The van der Waals surface area contributed by atoms with Gasteiger partial charge < -0.3 is 10.5 Å². The molecule has 1 unspecified atom stereocenters. The van der Waals surface area contributed by atoms with Crippen LogP contribution in [0, 0.1) is 5.92 Å². The lowest BCUT2D eigenvalue weighted by atomic mass is 9.97. The molecule has 0 spiro atoms. The van der Waals surface area contributed by atoms with Gasteiger partial charge in [0.05, 0.1) is 0 Å². The molecule has 0 aromatic rings. The van der Waals surface area contributed by atoms with Crippen molar-refractivity contribution in [2.24, 2.45) is 11.7 Å². The Morgan fingerprint density at radius 3 is 2.62 bits per heavy atom. The Kier molecular flexibility index (Phi) is 3.01. The molecule has 0 aromatic carbocycles. The first kappa shape index (κ1) is 9.22. The largest absolute Gasteiger partial charge is 0.381 e. The Hall–Kier alpha value is -0.340. The third-order valence-corrected chi connectivity index (χ3v) is 3.10. The van der Waals surface area contributed by atoms with Crippen molar-refractivity contribution in [1.82, 2.24) is 0 Å². The van der Waals surface area contributed by atoms with E-state index in [4.69, 9.17) is 10.5 Å². The van der Waals surface area contributed by atoms with Gasteiger partial charge in [0.25, 0.3) is 0 Å². The Morgan fingerprint density at radius 1 is 1.23 bits per heavy atom. The van der Waals surface area contributed by atoms with Crippen LogP contribution in [0.3, 0.4) is 0 Å².